The number of likely N-dealkylation sites (N-methyl/N-ethyl adjacent to an activating group) is 1. The van der Waals surface area contributed by atoms with Gasteiger partial charge in [-0.05, 0) is 37.4 Å². The molecule has 0 radical (unpaired) electrons. The van der Waals surface area contributed by atoms with Gasteiger partial charge in [-0.15, -0.1) is 0 Å². The Labute approximate surface area is 151 Å². The highest BCUT2D eigenvalue weighted by Gasteiger charge is 2.39. The quantitative estimate of drug-likeness (QED) is 0.453. The van der Waals surface area contributed by atoms with E-state index < -0.39 is 23.5 Å². The summed E-state index contributed by atoms with van der Waals surface area (Å²) in [5.41, 5.74) is 0.0130. The Kier molecular flexibility index (Phi) is 6.72. The second kappa shape index (κ2) is 8.77. The predicted molar refractivity (Wildman–Crippen MR) is 99.3 cm³/mol. The lowest BCUT2D eigenvalue weighted by Gasteiger charge is -2.31. The molecule has 1 aliphatic rings. The molecule has 1 N–H and O–H groups in total. The van der Waals surface area contributed by atoms with Crippen LogP contribution in [0.25, 0.3) is 0 Å². The van der Waals surface area contributed by atoms with Crippen molar-refractivity contribution in [3.8, 4) is 0 Å². The van der Waals surface area contributed by atoms with Gasteiger partial charge in [0.25, 0.3) is 5.91 Å². The van der Waals surface area contributed by atoms with Crippen molar-refractivity contribution in [1.82, 2.24) is 10.2 Å². The van der Waals surface area contributed by atoms with Crippen LogP contribution in [0, 0.1) is 11.7 Å². The number of halogens is 1. The average Bonchev–Trinajstić information content (AvgIpc) is 2.59. The van der Waals surface area contributed by atoms with Gasteiger partial charge in [-0.25, -0.2) is 4.39 Å². The molecular weight excluding hydrogens is 343 g/mol. The molecule has 1 aromatic carbocycles. The van der Waals surface area contributed by atoms with Crippen molar-refractivity contribution < 1.29 is 14.0 Å². The van der Waals surface area contributed by atoms with E-state index in [1.54, 1.807) is 6.07 Å². The molecule has 2 amide bonds. The lowest BCUT2D eigenvalue weighted by molar-refractivity contribution is -0.130. The highest BCUT2D eigenvalue weighted by molar-refractivity contribution is 7.80. The number of amides is 2. The second-order valence-electron chi connectivity index (χ2n) is 5.48. The number of rotatable bonds is 7. The monoisotopic (exact) mass is 364 g/mol. The first kappa shape index (κ1) is 19.1. The molecule has 0 saturated carbocycles. The van der Waals surface area contributed by atoms with Gasteiger partial charge in [-0.3, -0.25) is 19.5 Å². The number of para-hydroxylation sites is 1. The van der Waals surface area contributed by atoms with Gasteiger partial charge in [0.2, 0.25) is 5.91 Å². The fourth-order valence-corrected chi connectivity index (χ4v) is 2.79. The van der Waals surface area contributed by atoms with Crippen LogP contribution in [0.15, 0.2) is 29.3 Å². The SMILES string of the molecule is CCN(CC)CCN=CC1C(=O)NC(=S)N(c2ccccc2F)C1=O. The van der Waals surface area contributed by atoms with Crippen molar-refractivity contribution in [3.05, 3.63) is 30.1 Å². The number of nitrogens with zero attached hydrogens (tertiary/aromatic N) is 3. The van der Waals surface area contributed by atoms with E-state index in [1.807, 2.05) is 0 Å². The standard InChI is InChI=1S/C17H21FN4O2S/c1-3-21(4-2)10-9-19-11-12-15(23)20-17(25)22(16(12)24)14-8-6-5-7-13(14)18/h5-8,11-12H,3-4,9-10H2,1-2H3,(H,20,23,25). The number of carbonyl (C=O) groups is 2. The van der Waals surface area contributed by atoms with E-state index in [-0.39, 0.29) is 10.8 Å². The van der Waals surface area contributed by atoms with E-state index in [9.17, 15) is 14.0 Å². The first-order valence-corrected chi connectivity index (χ1v) is 8.56. The number of nitrogens with one attached hydrogen (secondary N) is 1. The molecule has 1 aromatic rings. The molecular formula is C17H21FN4O2S. The van der Waals surface area contributed by atoms with E-state index >= 15 is 0 Å². The Morgan fingerprint density at radius 3 is 2.64 bits per heavy atom. The Bertz CT molecular complexity index is 691. The lowest BCUT2D eigenvalue weighted by Crippen LogP contribution is -2.58. The zero-order valence-electron chi connectivity index (χ0n) is 14.2. The van der Waals surface area contributed by atoms with E-state index in [2.05, 4.69) is 29.1 Å². The Hall–Kier alpha value is -2.19. The average molecular weight is 364 g/mol. The molecule has 0 aromatic heterocycles. The van der Waals surface area contributed by atoms with E-state index in [1.165, 1.54) is 24.4 Å². The first-order valence-electron chi connectivity index (χ1n) is 8.15. The number of carbonyl (C=O) groups excluding carboxylic acids is 2. The molecule has 1 fully saturated rings. The summed E-state index contributed by atoms with van der Waals surface area (Å²) in [5.74, 6) is -2.87. The number of hydrogen-bond donors (Lipinski definition) is 1. The molecule has 1 aliphatic heterocycles. The molecule has 0 aliphatic carbocycles. The van der Waals surface area contributed by atoms with E-state index in [0.29, 0.717) is 6.54 Å². The van der Waals surface area contributed by atoms with Crippen LogP contribution in [-0.4, -0.2) is 54.2 Å². The lowest BCUT2D eigenvalue weighted by atomic mass is 10.1. The summed E-state index contributed by atoms with van der Waals surface area (Å²) in [5, 5.41) is 2.31. The van der Waals surface area contributed by atoms with Gasteiger partial charge in [0.1, 0.15) is 5.82 Å². The van der Waals surface area contributed by atoms with Crippen LogP contribution in [-0.2, 0) is 9.59 Å². The van der Waals surface area contributed by atoms with Crippen molar-refractivity contribution in [2.75, 3.05) is 31.1 Å². The fourth-order valence-electron chi connectivity index (χ4n) is 2.50. The number of benzene rings is 1. The van der Waals surface area contributed by atoms with Crippen molar-refractivity contribution in [2.45, 2.75) is 13.8 Å². The van der Waals surface area contributed by atoms with Crippen LogP contribution in [0.4, 0.5) is 10.1 Å². The van der Waals surface area contributed by atoms with Crippen molar-refractivity contribution in [1.29, 1.82) is 0 Å². The van der Waals surface area contributed by atoms with Crippen molar-refractivity contribution in [2.24, 2.45) is 10.9 Å². The maximum Gasteiger partial charge on any atom is 0.251 e. The molecule has 1 unspecified atom stereocenters. The fraction of sp³-hybridized carbons (Fsp3) is 0.412. The van der Waals surface area contributed by atoms with Crippen LogP contribution in [0.2, 0.25) is 0 Å². The molecule has 8 heteroatoms. The third-order valence-corrected chi connectivity index (χ3v) is 4.27. The summed E-state index contributed by atoms with van der Waals surface area (Å²) in [4.78, 5) is 32.1. The number of anilines is 1. The second-order valence-corrected chi connectivity index (χ2v) is 5.87. The number of aliphatic imine (C=N–C) groups is 1. The predicted octanol–water partition coefficient (Wildman–Crippen LogP) is 1.60. The van der Waals surface area contributed by atoms with Gasteiger partial charge in [-0.2, -0.15) is 0 Å². The van der Waals surface area contributed by atoms with Gasteiger partial charge in [0, 0.05) is 12.8 Å². The zero-order valence-corrected chi connectivity index (χ0v) is 15.1. The summed E-state index contributed by atoms with van der Waals surface area (Å²) in [6, 6.07) is 5.78. The molecule has 134 valence electrons. The molecule has 2 rings (SSSR count). The van der Waals surface area contributed by atoms with Gasteiger partial charge in [0.05, 0.1) is 12.2 Å². The van der Waals surface area contributed by atoms with Crippen LogP contribution >= 0.6 is 12.2 Å². The van der Waals surface area contributed by atoms with Gasteiger partial charge in [0.15, 0.2) is 11.0 Å². The van der Waals surface area contributed by atoms with Crippen LogP contribution < -0.4 is 10.2 Å². The molecule has 1 atom stereocenters. The molecule has 6 nitrogen and oxygen atoms in total. The third kappa shape index (κ3) is 4.46. The minimum atomic E-state index is -1.12. The van der Waals surface area contributed by atoms with Crippen molar-refractivity contribution >= 4 is 41.0 Å². The van der Waals surface area contributed by atoms with E-state index in [4.69, 9.17) is 12.2 Å². The Balaban J connectivity index is 2.13. The third-order valence-electron chi connectivity index (χ3n) is 3.99. The van der Waals surface area contributed by atoms with Gasteiger partial charge >= 0.3 is 0 Å². The largest absolute Gasteiger partial charge is 0.302 e. The number of thiocarbonyl (C=S) groups is 1. The minimum Gasteiger partial charge on any atom is -0.302 e. The normalized spacial score (nSPS) is 18.3. The summed E-state index contributed by atoms with van der Waals surface area (Å²) in [6.07, 6.45) is 1.32. The summed E-state index contributed by atoms with van der Waals surface area (Å²) >= 11 is 5.03. The van der Waals surface area contributed by atoms with Crippen molar-refractivity contribution in [3.63, 3.8) is 0 Å². The molecule has 1 heterocycles. The zero-order chi connectivity index (χ0) is 18.4. The summed E-state index contributed by atoms with van der Waals surface area (Å²) in [7, 11) is 0. The molecule has 0 bridgehead atoms. The van der Waals surface area contributed by atoms with Gasteiger partial charge < -0.3 is 10.2 Å². The van der Waals surface area contributed by atoms with Crippen LogP contribution in [0.1, 0.15) is 13.8 Å². The van der Waals surface area contributed by atoms with Crippen LogP contribution in [0.5, 0.6) is 0 Å². The van der Waals surface area contributed by atoms with E-state index in [0.717, 1.165) is 24.5 Å². The smallest absolute Gasteiger partial charge is 0.251 e. The maximum atomic E-state index is 14.0. The highest BCUT2D eigenvalue weighted by atomic mass is 32.1. The molecule has 1 saturated heterocycles. The summed E-state index contributed by atoms with van der Waals surface area (Å²) in [6.45, 7) is 7.13. The summed E-state index contributed by atoms with van der Waals surface area (Å²) < 4.78 is 14.0. The topological polar surface area (TPSA) is 65.0 Å². The van der Waals surface area contributed by atoms with Gasteiger partial charge in [-0.1, -0.05) is 26.0 Å². The maximum absolute atomic E-state index is 14.0. The first-order chi connectivity index (χ1) is 12.0. The Morgan fingerprint density at radius 1 is 1.32 bits per heavy atom. The van der Waals surface area contributed by atoms with Crippen LogP contribution in [0.3, 0.4) is 0 Å². The highest BCUT2D eigenvalue weighted by Crippen LogP contribution is 2.23. The minimum absolute atomic E-state index is 0.0130. The molecule has 25 heavy (non-hydrogen) atoms. The number of hydrogen-bond acceptors (Lipinski definition) is 5. The Morgan fingerprint density at radius 2 is 2.00 bits per heavy atom. The molecule has 0 spiro atoms.